The smallest absolute Gasteiger partial charge is 0.305 e. The van der Waals surface area contributed by atoms with Gasteiger partial charge in [0, 0.05) is 12.8 Å². The van der Waals surface area contributed by atoms with Crippen LogP contribution in [0, 0.1) is 0 Å². The summed E-state index contributed by atoms with van der Waals surface area (Å²) in [5.74, 6) is -0.0427. The first-order valence-electron chi connectivity index (χ1n) is 39.6. The number of carbonyl (C=O) groups is 2. The number of hydrogen-bond donors (Lipinski definition) is 3. The van der Waals surface area contributed by atoms with Gasteiger partial charge in [-0.2, -0.15) is 0 Å². The van der Waals surface area contributed by atoms with Crippen molar-refractivity contribution in [3.05, 3.63) is 24.3 Å². The maximum Gasteiger partial charge on any atom is 0.305 e. The fraction of sp³-hybridized carbons (Fsp3) is 0.925. The number of aliphatic hydroxyl groups is 2. The first-order valence-corrected chi connectivity index (χ1v) is 39.6. The van der Waals surface area contributed by atoms with E-state index in [4.69, 9.17) is 4.74 Å². The lowest BCUT2D eigenvalue weighted by Crippen LogP contribution is -2.45. The molecule has 510 valence electrons. The van der Waals surface area contributed by atoms with E-state index in [-0.39, 0.29) is 18.5 Å². The van der Waals surface area contributed by atoms with E-state index in [1.165, 1.54) is 379 Å². The Labute approximate surface area is 539 Å². The van der Waals surface area contributed by atoms with Gasteiger partial charge in [-0.3, -0.25) is 9.59 Å². The minimum absolute atomic E-state index is 0.0153. The van der Waals surface area contributed by atoms with Crippen LogP contribution in [0.4, 0.5) is 0 Å². The monoisotopic (exact) mass is 1210 g/mol. The average Bonchev–Trinajstić information content (AvgIpc) is 3.59. The second kappa shape index (κ2) is 75.8. The van der Waals surface area contributed by atoms with Crippen LogP contribution in [0.2, 0.25) is 0 Å². The Morgan fingerprint density at radius 2 is 0.547 bits per heavy atom. The molecule has 0 bridgehead atoms. The first-order chi connectivity index (χ1) is 42.5. The molecule has 86 heavy (non-hydrogen) atoms. The van der Waals surface area contributed by atoms with Gasteiger partial charge in [0.1, 0.15) is 0 Å². The van der Waals surface area contributed by atoms with Crippen molar-refractivity contribution in [1.29, 1.82) is 0 Å². The third kappa shape index (κ3) is 71.4. The van der Waals surface area contributed by atoms with Gasteiger partial charge in [0.05, 0.1) is 25.4 Å². The summed E-state index contributed by atoms with van der Waals surface area (Å²) in [4.78, 5) is 24.6. The van der Waals surface area contributed by atoms with E-state index in [0.29, 0.717) is 19.4 Å². The minimum atomic E-state index is -0.840. The number of amides is 1. The van der Waals surface area contributed by atoms with E-state index in [0.717, 1.165) is 44.9 Å². The Balaban J connectivity index is 3.30. The van der Waals surface area contributed by atoms with Crippen LogP contribution in [0.1, 0.15) is 450 Å². The van der Waals surface area contributed by atoms with Crippen molar-refractivity contribution in [2.75, 3.05) is 13.2 Å². The van der Waals surface area contributed by atoms with Crippen LogP contribution in [-0.2, 0) is 14.3 Å². The summed E-state index contributed by atoms with van der Waals surface area (Å²) in [7, 11) is 0. The zero-order valence-corrected chi connectivity index (χ0v) is 58.6. The molecule has 0 aromatic heterocycles. The number of ether oxygens (including phenoxy) is 1. The third-order valence-corrected chi connectivity index (χ3v) is 18.7. The lowest BCUT2D eigenvalue weighted by molar-refractivity contribution is -0.143. The summed E-state index contributed by atoms with van der Waals surface area (Å²) >= 11 is 0. The van der Waals surface area contributed by atoms with Crippen LogP contribution in [0.5, 0.6) is 0 Å². The second-order valence-corrected chi connectivity index (χ2v) is 27.4. The van der Waals surface area contributed by atoms with Crippen LogP contribution in [0.25, 0.3) is 0 Å². The summed E-state index contributed by atoms with van der Waals surface area (Å²) in [6, 6.07) is -0.623. The number of aliphatic hydroxyl groups excluding tert-OH is 2. The SMILES string of the molecule is CCCCCC/C=C\CCCCCCCC(=O)OCCCCCCCCCCCCCCCCCCCCCCCCCCCCCCCCCCCCCCCCCC(=O)NC(CO)C(O)/C=C/CCCCCCCCCCCCCCCCC. The minimum Gasteiger partial charge on any atom is -0.466 e. The molecule has 0 aliphatic carbocycles. The van der Waals surface area contributed by atoms with Gasteiger partial charge in [-0.05, 0) is 57.8 Å². The van der Waals surface area contributed by atoms with Crippen LogP contribution < -0.4 is 5.32 Å². The molecular formula is C80H155NO5. The Hall–Kier alpha value is -1.66. The summed E-state index contributed by atoms with van der Waals surface area (Å²) in [6.45, 7) is 4.93. The highest BCUT2D eigenvalue weighted by Gasteiger charge is 2.18. The molecule has 0 heterocycles. The van der Waals surface area contributed by atoms with Crippen molar-refractivity contribution in [2.24, 2.45) is 0 Å². The van der Waals surface area contributed by atoms with Gasteiger partial charge in [-0.1, -0.05) is 404 Å². The van der Waals surface area contributed by atoms with E-state index in [1.54, 1.807) is 6.08 Å². The number of allylic oxidation sites excluding steroid dienone is 3. The normalized spacial score (nSPS) is 12.6. The Bertz CT molecular complexity index is 1350. The van der Waals surface area contributed by atoms with Gasteiger partial charge < -0.3 is 20.3 Å². The number of esters is 1. The van der Waals surface area contributed by atoms with Gasteiger partial charge >= 0.3 is 5.97 Å². The third-order valence-electron chi connectivity index (χ3n) is 18.7. The highest BCUT2D eigenvalue weighted by molar-refractivity contribution is 5.76. The molecule has 2 unspecified atom stereocenters. The second-order valence-electron chi connectivity index (χ2n) is 27.4. The summed E-state index contributed by atoms with van der Waals surface area (Å²) in [6.07, 6.45) is 97.4. The molecule has 0 spiro atoms. The Kier molecular flexibility index (Phi) is 74.3. The fourth-order valence-electron chi connectivity index (χ4n) is 12.7. The standard InChI is InChI=1S/C80H155NO5/c1-3-5-7-9-11-13-15-17-18-42-45-49-52-56-60-64-68-72-78(83)77(76-82)81-79(84)73-69-65-61-57-53-50-46-43-40-38-36-34-32-30-28-26-24-22-20-19-21-23-25-27-29-31-33-35-37-39-41-44-47-51-55-59-63-67-71-75-86-80(85)74-70-66-62-58-54-48-16-14-12-10-8-6-4-2/h14,16,68,72,77-78,82-83H,3-13,15,17-67,69-71,73-76H2,1-2H3,(H,81,84)/b16-14-,72-68+. The van der Waals surface area contributed by atoms with Crippen LogP contribution in [0.15, 0.2) is 24.3 Å². The lowest BCUT2D eigenvalue weighted by Gasteiger charge is -2.20. The molecule has 3 N–H and O–H groups in total. The van der Waals surface area contributed by atoms with E-state index in [9.17, 15) is 19.8 Å². The van der Waals surface area contributed by atoms with Crippen molar-refractivity contribution >= 4 is 11.9 Å². The van der Waals surface area contributed by atoms with Crippen molar-refractivity contribution in [1.82, 2.24) is 5.32 Å². The molecule has 0 fully saturated rings. The highest BCUT2D eigenvalue weighted by atomic mass is 16.5. The topological polar surface area (TPSA) is 95.9 Å². The van der Waals surface area contributed by atoms with E-state index in [2.05, 4.69) is 31.3 Å². The molecule has 2 atom stereocenters. The quantitative estimate of drug-likeness (QED) is 0.0320. The van der Waals surface area contributed by atoms with Crippen molar-refractivity contribution in [3.8, 4) is 0 Å². The highest BCUT2D eigenvalue weighted by Crippen LogP contribution is 2.20. The molecule has 0 aromatic rings. The molecule has 0 aliphatic rings. The van der Waals surface area contributed by atoms with Crippen LogP contribution in [-0.4, -0.2) is 47.4 Å². The molecule has 0 rings (SSSR count). The lowest BCUT2D eigenvalue weighted by atomic mass is 10.0. The summed E-state index contributed by atoms with van der Waals surface area (Å²) in [5, 5.41) is 23.2. The van der Waals surface area contributed by atoms with Gasteiger partial charge in [-0.25, -0.2) is 0 Å². The number of hydrogen-bond acceptors (Lipinski definition) is 5. The zero-order chi connectivity index (χ0) is 62.0. The number of nitrogens with one attached hydrogen (secondary N) is 1. The summed E-state index contributed by atoms with van der Waals surface area (Å²) < 4.78 is 5.49. The Morgan fingerprint density at radius 3 is 0.837 bits per heavy atom. The Morgan fingerprint density at radius 1 is 0.314 bits per heavy atom. The molecule has 0 aromatic carbocycles. The molecular weight excluding hydrogens is 1050 g/mol. The molecule has 0 saturated carbocycles. The number of carbonyl (C=O) groups excluding carboxylic acids is 2. The van der Waals surface area contributed by atoms with Crippen molar-refractivity contribution in [3.63, 3.8) is 0 Å². The van der Waals surface area contributed by atoms with E-state index < -0.39 is 12.1 Å². The zero-order valence-electron chi connectivity index (χ0n) is 58.6. The van der Waals surface area contributed by atoms with Gasteiger partial charge in [0.15, 0.2) is 0 Å². The average molecular weight is 1210 g/mol. The van der Waals surface area contributed by atoms with Gasteiger partial charge in [-0.15, -0.1) is 0 Å². The predicted octanol–water partition coefficient (Wildman–Crippen LogP) is 26.0. The molecule has 1 amide bonds. The summed E-state index contributed by atoms with van der Waals surface area (Å²) in [5.41, 5.74) is 0. The maximum atomic E-state index is 12.5. The van der Waals surface area contributed by atoms with Crippen LogP contribution >= 0.6 is 0 Å². The van der Waals surface area contributed by atoms with Gasteiger partial charge in [0.25, 0.3) is 0 Å². The van der Waals surface area contributed by atoms with Crippen LogP contribution in [0.3, 0.4) is 0 Å². The fourth-order valence-corrected chi connectivity index (χ4v) is 12.7. The first kappa shape index (κ1) is 84.3. The molecule has 0 saturated heterocycles. The van der Waals surface area contributed by atoms with Crippen molar-refractivity contribution < 1.29 is 24.5 Å². The van der Waals surface area contributed by atoms with E-state index >= 15 is 0 Å². The largest absolute Gasteiger partial charge is 0.466 e. The molecule has 0 aliphatic heterocycles. The molecule has 6 nitrogen and oxygen atoms in total. The number of rotatable bonds is 75. The molecule has 0 radical (unpaired) electrons. The predicted molar refractivity (Wildman–Crippen MR) is 380 cm³/mol. The van der Waals surface area contributed by atoms with Gasteiger partial charge in [0.2, 0.25) is 5.91 Å². The number of unbranched alkanes of at least 4 members (excludes halogenated alkanes) is 62. The molecule has 6 heteroatoms. The van der Waals surface area contributed by atoms with Crippen molar-refractivity contribution in [2.45, 2.75) is 463 Å². The maximum absolute atomic E-state index is 12.5. The van der Waals surface area contributed by atoms with E-state index in [1.807, 2.05) is 6.08 Å².